The third-order valence-corrected chi connectivity index (χ3v) is 5.33. The number of aryl methyl sites for hydroxylation is 1. The second-order valence-electron chi connectivity index (χ2n) is 7.96. The van der Waals surface area contributed by atoms with Crippen molar-refractivity contribution in [2.75, 3.05) is 6.54 Å². The van der Waals surface area contributed by atoms with Gasteiger partial charge < -0.3 is 15.0 Å². The van der Waals surface area contributed by atoms with E-state index in [0.29, 0.717) is 12.5 Å². The van der Waals surface area contributed by atoms with Crippen LogP contribution in [0.4, 0.5) is 13.2 Å². The first kappa shape index (κ1) is 23.8. The van der Waals surface area contributed by atoms with Gasteiger partial charge >= 0.3 is 12.1 Å². The van der Waals surface area contributed by atoms with Gasteiger partial charge in [0.2, 0.25) is 5.91 Å². The molecule has 2 aromatic heterocycles. The van der Waals surface area contributed by atoms with Gasteiger partial charge in [-0.3, -0.25) is 14.4 Å². The molecule has 1 saturated carbocycles. The number of carbonyl (C=O) groups is 2. The molecule has 0 saturated heterocycles. The van der Waals surface area contributed by atoms with E-state index in [-0.39, 0.29) is 11.9 Å². The third kappa shape index (κ3) is 6.31. The van der Waals surface area contributed by atoms with Gasteiger partial charge in [0.15, 0.2) is 0 Å². The molecular weight excluding hydrogens is 429 g/mol. The molecule has 0 bridgehead atoms. The monoisotopic (exact) mass is 456 g/mol. The van der Waals surface area contributed by atoms with Gasteiger partial charge in [-0.2, -0.15) is 18.3 Å². The number of rotatable bonds is 6. The van der Waals surface area contributed by atoms with Crippen LogP contribution < -0.4 is 5.32 Å². The number of alkyl halides is 3. The third-order valence-electron chi connectivity index (χ3n) is 5.33. The van der Waals surface area contributed by atoms with Gasteiger partial charge in [0.1, 0.15) is 5.82 Å². The predicted octanol–water partition coefficient (Wildman–Crippen LogP) is 2.13. The smallest absolute Gasteiger partial charge is 0.475 e. The van der Waals surface area contributed by atoms with E-state index in [1.807, 2.05) is 17.1 Å². The van der Waals surface area contributed by atoms with Crippen molar-refractivity contribution in [3.05, 3.63) is 35.7 Å². The van der Waals surface area contributed by atoms with Crippen molar-refractivity contribution < 1.29 is 27.9 Å². The van der Waals surface area contributed by atoms with E-state index in [1.54, 1.807) is 0 Å². The normalized spacial score (nSPS) is 18.5. The van der Waals surface area contributed by atoms with Crippen LogP contribution in [0.15, 0.2) is 18.6 Å². The Balaban J connectivity index is 0.000000360. The molecule has 0 radical (unpaired) electrons. The largest absolute Gasteiger partial charge is 0.490 e. The van der Waals surface area contributed by atoms with Crippen molar-refractivity contribution in [3.63, 3.8) is 0 Å². The lowest BCUT2D eigenvalue weighted by Gasteiger charge is -2.33. The summed E-state index contributed by atoms with van der Waals surface area (Å²) < 4.78 is 35.9. The summed E-state index contributed by atoms with van der Waals surface area (Å²) in [5.74, 6) is -1.61. The molecule has 2 N–H and O–H groups in total. The zero-order valence-corrected chi connectivity index (χ0v) is 18.0. The summed E-state index contributed by atoms with van der Waals surface area (Å²) >= 11 is 0. The number of carboxylic acid groups (broad SMARTS) is 1. The molecule has 1 fully saturated rings. The molecule has 3 heterocycles. The zero-order valence-electron chi connectivity index (χ0n) is 18.0. The van der Waals surface area contributed by atoms with Crippen molar-refractivity contribution in [3.8, 4) is 0 Å². The fraction of sp³-hybridized carbons (Fsp3) is 0.600. The number of amides is 1. The van der Waals surface area contributed by atoms with Crippen LogP contribution in [0.2, 0.25) is 0 Å². The van der Waals surface area contributed by atoms with Gasteiger partial charge in [0, 0.05) is 50.2 Å². The summed E-state index contributed by atoms with van der Waals surface area (Å²) in [7, 11) is 0. The molecule has 9 nitrogen and oxygen atoms in total. The van der Waals surface area contributed by atoms with Crippen LogP contribution in [0.25, 0.3) is 0 Å². The number of halogens is 3. The molecule has 2 aliphatic rings. The Kier molecular flexibility index (Phi) is 7.22. The van der Waals surface area contributed by atoms with Crippen LogP contribution in [0.3, 0.4) is 0 Å². The van der Waals surface area contributed by atoms with Crippen LogP contribution >= 0.6 is 0 Å². The Morgan fingerprint density at radius 3 is 2.50 bits per heavy atom. The number of carbonyl (C=O) groups excluding carboxylic acids is 1. The van der Waals surface area contributed by atoms with Crippen LogP contribution in [-0.4, -0.2) is 60.0 Å². The van der Waals surface area contributed by atoms with Gasteiger partial charge in [0.05, 0.1) is 24.4 Å². The molecule has 1 atom stereocenters. The highest BCUT2D eigenvalue weighted by molar-refractivity contribution is 5.78. The van der Waals surface area contributed by atoms with Crippen LogP contribution in [0.5, 0.6) is 0 Å². The fourth-order valence-electron chi connectivity index (χ4n) is 3.46. The van der Waals surface area contributed by atoms with E-state index >= 15 is 0 Å². The molecule has 12 heteroatoms. The fourth-order valence-corrected chi connectivity index (χ4v) is 3.46. The van der Waals surface area contributed by atoms with Crippen LogP contribution in [-0.2, 0) is 35.6 Å². The number of aliphatic carboxylic acids is 1. The minimum absolute atomic E-state index is 0.0921. The Labute approximate surface area is 183 Å². The van der Waals surface area contributed by atoms with E-state index in [9.17, 15) is 18.0 Å². The quantitative estimate of drug-likeness (QED) is 0.690. The second-order valence-corrected chi connectivity index (χ2v) is 7.96. The molecule has 0 aromatic carbocycles. The maximum Gasteiger partial charge on any atom is 0.490 e. The van der Waals surface area contributed by atoms with Gasteiger partial charge in [-0.1, -0.05) is 0 Å². The second kappa shape index (κ2) is 9.72. The topological polar surface area (TPSA) is 105 Å². The molecule has 1 unspecified atom stereocenters. The van der Waals surface area contributed by atoms with E-state index in [4.69, 9.17) is 14.9 Å². The summed E-state index contributed by atoms with van der Waals surface area (Å²) in [4.78, 5) is 28.1. The lowest BCUT2D eigenvalue weighted by Crippen LogP contribution is -2.36. The SMILES string of the molecule is CCn1cc(CN2CCn3cc(CC(=O)NC4CC4)nc3C2C)cn1.O=C(O)C(F)(F)F. The summed E-state index contributed by atoms with van der Waals surface area (Å²) in [6.45, 7) is 7.96. The highest BCUT2D eigenvalue weighted by atomic mass is 19.4. The van der Waals surface area contributed by atoms with Gasteiger partial charge in [-0.25, -0.2) is 9.78 Å². The first-order valence-electron chi connectivity index (χ1n) is 10.5. The lowest BCUT2D eigenvalue weighted by atomic mass is 10.2. The summed E-state index contributed by atoms with van der Waals surface area (Å²) in [5.41, 5.74) is 2.11. The number of imidazole rings is 1. The average molecular weight is 456 g/mol. The predicted molar refractivity (Wildman–Crippen MR) is 108 cm³/mol. The highest BCUT2D eigenvalue weighted by Gasteiger charge is 2.38. The van der Waals surface area contributed by atoms with E-state index in [2.05, 4.69) is 39.9 Å². The molecule has 4 rings (SSSR count). The number of fused-ring (bicyclic) bond motifs is 1. The number of hydrogen-bond donors (Lipinski definition) is 2. The number of aromatic nitrogens is 4. The summed E-state index contributed by atoms with van der Waals surface area (Å²) in [6.07, 6.45) is 3.64. The Bertz CT molecular complexity index is 951. The van der Waals surface area contributed by atoms with Crippen LogP contribution in [0, 0.1) is 0 Å². The average Bonchev–Trinajstić information content (AvgIpc) is 3.24. The first-order chi connectivity index (χ1) is 15.1. The standard InChI is InChI=1S/C18H26N6O.C2HF3O2/c1-3-24-11-14(9-19-24)10-22-6-7-23-12-16(21-18(23)13(22)2)8-17(25)20-15-4-5-15;3-2(4,5)1(6)7/h9,11-13,15H,3-8,10H2,1-2H3,(H,20,25);(H,6,7). The number of nitrogens with one attached hydrogen (secondary N) is 1. The maximum absolute atomic E-state index is 12.0. The zero-order chi connectivity index (χ0) is 23.5. The minimum Gasteiger partial charge on any atom is -0.475 e. The Hall–Kier alpha value is -2.89. The van der Waals surface area contributed by atoms with Gasteiger partial charge in [-0.05, 0) is 26.7 Å². The molecule has 1 aliphatic carbocycles. The molecule has 176 valence electrons. The highest BCUT2D eigenvalue weighted by Crippen LogP contribution is 2.26. The maximum atomic E-state index is 12.0. The minimum atomic E-state index is -5.08. The molecule has 0 spiro atoms. The Morgan fingerprint density at radius 1 is 1.25 bits per heavy atom. The first-order valence-corrected chi connectivity index (χ1v) is 10.5. The summed E-state index contributed by atoms with van der Waals surface area (Å²) in [5, 5.41) is 14.5. The van der Waals surface area contributed by atoms with Gasteiger partial charge in [-0.15, -0.1) is 0 Å². The number of carboxylic acids is 1. The van der Waals surface area contributed by atoms with E-state index < -0.39 is 12.1 Å². The van der Waals surface area contributed by atoms with Crippen molar-refractivity contribution in [1.82, 2.24) is 29.5 Å². The van der Waals surface area contributed by atoms with E-state index in [1.165, 1.54) is 5.56 Å². The van der Waals surface area contributed by atoms with Crippen molar-refractivity contribution in [1.29, 1.82) is 0 Å². The van der Waals surface area contributed by atoms with Crippen LogP contribution in [0.1, 0.15) is 49.8 Å². The van der Waals surface area contributed by atoms with Gasteiger partial charge in [0.25, 0.3) is 0 Å². The molecular formula is C20H27F3N6O3. The number of nitrogens with zero attached hydrogens (tertiary/aromatic N) is 5. The summed E-state index contributed by atoms with van der Waals surface area (Å²) in [6, 6.07) is 0.641. The van der Waals surface area contributed by atoms with Crippen molar-refractivity contribution in [2.45, 2.75) is 71.0 Å². The Morgan fingerprint density at radius 2 is 1.94 bits per heavy atom. The lowest BCUT2D eigenvalue weighted by molar-refractivity contribution is -0.192. The number of hydrogen-bond acceptors (Lipinski definition) is 5. The molecule has 1 aliphatic heterocycles. The van der Waals surface area contributed by atoms with Crippen molar-refractivity contribution >= 4 is 11.9 Å². The van der Waals surface area contributed by atoms with E-state index in [0.717, 1.165) is 50.5 Å². The molecule has 32 heavy (non-hydrogen) atoms. The molecule has 2 aromatic rings. The van der Waals surface area contributed by atoms with Crippen molar-refractivity contribution in [2.24, 2.45) is 0 Å². The molecule has 1 amide bonds.